The average molecular weight is 224 g/mol. The summed E-state index contributed by atoms with van der Waals surface area (Å²) >= 11 is 11.3. The van der Waals surface area contributed by atoms with Gasteiger partial charge in [0.05, 0.1) is 0 Å². The average Bonchev–Trinajstić information content (AvgIpc) is 2.20. The lowest BCUT2D eigenvalue weighted by Crippen LogP contribution is -2.44. The molecule has 0 unspecified atom stereocenters. The monoisotopic (exact) mass is 223 g/mol. The summed E-state index contributed by atoms with van der Waals surface area (Å²) in [5.74, 6) is 0. The Balaban J connectivity index is 4.10. The number of rotatable bonds is 6. The van der Waals surface area contributed by atoms with E-state index in [0.29, 0.717) is 11.6 Å². The van der Waals surface area contributed by atoms with Crippen LogP contribution in [0, 0.1) is 0 Å². The number of halogens is 2. The van der Waals surface area contributed by atoms with Crippen molar-refractivity contribution in [1.82, 2.24) is 5.32 Å². The lowest BCUT2D eigenvalue weighted by molar-refractivity contribution is 0.301. The molecule has 1 nitrogen and oxygen atoms in total. The van der Waals surface area contributed by atoms with Crippen molar-refractivity contribution < 1.29 is 0 Å². The van der Waals surface area contributed by atoms with Gasteiger partial charge >= 0.3 is 0 Å². The Hall–Kier alpha value is 0.280. The zero-order chi connectivity index (χ0) is 10.3. The van der Waals surface area contributed by atoms with E-state index in [2.05, 4.69) is 26.1 Å². The molecular weight excluding hydrogens is 205 g/mol. The molecule has 3 heteroatoms. The quantitative estimate of drug-likeness (QED) is 0.722. The minimum atomic E-state index is 0.222. The topological polar surface area (TPSA) is 12.0 Å². The van der Waals surface area contributed by atoms with Crippen molar-refractivity contribution >= 4 is 23.2 Å². The van der Waals surface area contributed by atoms with E-state index in [1.54, 1.807) is 0 Å². The Labute approximate surface area is 91.5 Å². The van der Waals surface area contributed by atoms with Crippen LogP contribution in [0.25, 0.3) is 0 Å². The van der Waals surface area contributed by atoms with E-state index in [4.69, 9.17) is 23.2 Å². The second kappa shape index (κ2) is 6.69. The van der Waals surface area contributed by atoms with Gasteiger partial charge in [-0.3, -0.25) is 0 Å². The predicted octanol–water partition coefficient (Wildman–Crippen LogP) is 3.86. The number of nitrogens with one attached hydrogen (secondary N) is 1. The standard InChI is InChI=1S/C10H19Cl2N/c1-4-10(5-2,6-3)13-8-9(12)7-11/h7,13H,4-6,8H2,1-3H3. The third kappa shape index (κ3) is 4.35. The van der Waals surface area contributed by atoms with Crippen LogP contribution in [-0.2, 0) is 0 Å². The zero-order valence-corrected chi connectivity index (χ0v) is 10.2. The van der Waals surface area contributed by atoms with Gasteiger partial charge < -0.3 is 5.32 Å². The zero-order valence-electron chi connectivity index (χ0n) is 8.66. The minimum Gasteiger partial charge on any atom is -0.306 e. The van der Waals surface area contributed by atoms with Gasteiger partial charge in [0.25, 0.3) is 0 Å². The first-order valence-corrected chi connectivity index (χ1v) is 5.65. The first kappa shape index (κ1) is 13.3. The molecule has 0 rings (SSSR count). The van der Waals surface area contributed by atoms with Crippen molar-refractivity contribution in [2.75, 3.05) is 6.54 Å². The molecule has 0 heterocycles. The highest BCUT2D eigenvalue weighted by Crippen LogP contribution is 2.19. The fraction of sp³-hybridized carbons (Fsp3) is 0.800. The summed E-state index contributed by atoms with van der Waals surface area (Å²) in [5, 5.41) is 4.12. The third-order valence-electron chi connectivity index (χ3n) is 2.78. The summed E-state index contributed by atoms with van der Waals surface area (Å²) in [7, 11) is 0. The van der Waals surface area contributed by atoms with Crippen LogP contribution in [0.15, 0.2) is 10.6 Å². The molecule has 0 radical (unpaired) electrons. The molecule has 0 saturated carbocycles. The predicted molar refractivity (Wildman–Crippen MR) is 61.4 cm³/mol. The van der Waals surface area contributed by atoms with Gasteiger partial charge in [0.2, 0.25) is 0 Å². The molecule has 0 aliphatic rings. The Morgan fingerprint density at radius 2 is 1.69 bits per heavy atom. The second-order valence-corrected chi connectivity index (χ2v) is 3.95. The second-order valence-electron chi connectivity index (χ2n) is 3.25. The minimum absolute atomic E-state index is 0.222. The van der Waals surface area contributed by atoms with Crippen LogP contribution in [0.1, 0.15) is 40.0 Å². The number of hydrogen-bond donors (Lipinski definition) is 1. The Morgan fingerprint density at radius 1 is 1.23 bits per heavy atom. The van der Waals surface area contributed by atoms with Crippen LogP contribution in [0.4, 0.5) is 0 Å². The summed E-state index contributed by atoms with van der Waals surface area (Å²) in [6.45, 7) is 7.25. The molecule has 0 saturated heterocycles. The SMILES string of the molecule is CCC(CC)(CC)NCC(Cl)=CCl. The highest BCUT2D eigenvalue weighted by atomic mass is 35.5. The van der Waals surface area contributed by atoms with E-state index in [9.17, 15) is 0 Å². The van der Waals surface area contributed by atoms with Gasteiger partial charge in [0.1, 0.15) is 0 Å². The van der Waals surface area contributed by atoms with Gasteiger partial charge in [-0.25, -0.2) is 0 Å². The fourth-order valence-electron chi connectivity index (χ4n) is 1.44. The van der Waals surface area contributed by atoms with E-state index in [1.807, 2.05) is 0 Å². The van der Waals surface area contributed by atoms with E-state index in [-0.39, 0.29) is 5.54 Å². The summed E-state index contributed by atoms with van der Waals surface area (Å²) in [6, 6.07) is 0. The van der Waals surface area contributed by atoms with Crippen molar-refractivity contribution in [2.24, 2.45) is 0 Å². The maximum atomic E-state index is 5.81. The van der Waals surface area contributed by atoms with Crippen molar-refractivity contribution in [3.63, 3.8) is 0 Å². The molecule has 0 fully saturated rings. The molecule has 1 N–H and O–H groups in total. The molecule has 0 aromatic heterocycles. The van der Waals surface area contributed by atoms with Crippen LogP contribution in [0.3, 0.4) is 0 Å². The van der Waals surface area contributed by atoms with Gasteiger partial charge in [0, 0.05) is 22.7 Å². The highest BCUT2D eigenvalue weighted by Gasteiger charge is 2.22. The molecule has 0 atom stereocenters. The van der Waals surface area contributed by atoms with E-state index >= 15 is 0 Å². The number of hydrogen-bond acceptors (Lipinski definition) is 1. The van der Waals surface area contributed by atoms with Gasteiger partial charge in [-0.15, -0.1) is 0 Å². The van der Waals surface area contributed by atoms with Crippen LogP contribution in [0.2, 0.25) is 0 Å². The van der Waals surface area contributed by atoms with Crippen molar-refractivity contribution in [1.29, 1.82) is 0 Å². The summed E-state index contributed by atoms with van der Waals surface area (Å²) < 4.78 is 0. The summed E-state index contributed by atoms with van der Waals surface area (Å²) in [4.78, 5) is 0. The third-order valence-corrected chi connectivity index (χ3v) is 3.40. The fourth-order valence-corrected chi connectivity index (χ4v) is 1.58. The lowest BCUT2D eigenvalue weighted by atomic mass is 9.90. The maximum absolute atomic E-state index is 5.81. The van der Waals surface area contributed by atoms with Gasteiger partial charge in [-0.05, 0) is 19.3 Å². The Morgan fingerprint density at radius 3 is 2.00 bits per heavy atom. The molecule has 0 aromatic rings. The summed E-state index contributed by atoms with van der Waals surface area (Å²) in [5.41, 5.74) is 1.64. The maximum Gasteiger partial charge on any atom is 0.0432 e. The molecule has 0 amide bonds. The van der Waals surface area contributed by atoms with Crippen LogP contribution >= 0.6 is 23.2 Å². The van der Waals surface area contributed by atoms with Crippen molar-refractivity contribution in [3.05, 3.63) is 10.6 Å². The van der Waals surface area contributed by atoms with Gasteiger partial charge in [-0.2, -0.15) is 0 Å². The molecule has 0 bridgehead atoms. The van der Waals surface area contributed by atoms with E-state index in [0.717, 1.165) is 19.3 Å². The van der Waals surface area contributed by atoms with Crippen LogP contribution < -0.4 is 5.32 Å². The van der Waals surface area contributed by atoms with Crippen molar-refractivity contribution in [3.8, 4) is 0 Å². The Kier molecular flexibility index (Phi) is 6.84. The van der Waals surface area contributed by atoms with Crippen LogP contribution in [0.5, 0.6) is 0 Å². The van der Waals surface area contributed by atoms with E-state index in [1.165, 1.54) is 5.54 Å². The molecule has 0 aliphatic carbocycles. The molecule has 0 aromatic carbocycles. The molecule has 13 heavy (non-hydrogen) atoms. The first-order valence-electron chi connectivity index (χ1n) is 4.83. The van der Waals surface area contributed by atoms with Crippen LogP contribution in [-0.4, -0.2) is 12.1 Å². The molecule has 78 valence electrons. The smallest absolute Gasteiger partial charge is 0.0432 e. The van der Waals surface area contributed by atoms with Crippen molar-refractivity contribution in [2.45, 2.75) is 45.6 Å². The van der Waals surface area contributed by atoms with E-state index < -0.39 is 0 Å². The molecular formula is C10H19Cl2N. The normalized spacial score (nSPS) is 13.5. The molecule has 0 spiro atoms. The highest BCUT2D eigenvalue weighted by molar-refractivity contribution is 6.36. The molecule has 0 aliphatic heterocycles. The largest absolute Gasteiger partial charge is 0.306 e. The van der Waals surface area contributed by atoms with Gasteiger partial charge in [-0.1, -0.05) is 44.0 Å². The van der Waals surface area contributed by atoms with Gasteiger partial charge in [0.15, 0.2) is 0 Å². The first-order chi connectivity index (χ1) is 6.14. The lowest BCUT2D eigenvalue weighted by Gasteiger charge is -2.31. The summed E-state index contributed by atoms with van der Waals surface area (Å²) in [6.07, 6.45) is 3.35. The Bertz CT molecular complexity index is 154.